The first kappa shape index (κ1) is 26.5. The lowest BCUT2D eigenvalue weighted by Crippen LogP contribution is -2.42. The summed E-state index contributed by atoms with van der Waals surface area (Å²) in [6.45, 7) is 0. The number of fused-ring (bicyclic) bond motifs is 3. The lowest BCUT2D eigenvalue weighted by molar-refractivity contribution is -0.120. The third kappa shape index (κ3) is 5.63. The number of H-pyrrole nitrogens is 1. The van der Waals surface area contributed by atoms with E-state index in [0.717, 1.165) is 32.5 Å². The van der Waals surface area contributed by atoms with E-state index in [-0.39, 0.29) is 30.1 Å². The normalized spacial score (nSPS) is 12.0. The first-order chi connectivity index (χ1) is 20.0. The van der Waals surface area contributed by atoms with Crippen molar-refractivity contribution in [3.8, 4) is 0 Å². The predicted molar refractivity (Wildman–Crippen MR) is 166 cm³/mol. The number of Topliss-reactive ketones (excluding diaryl/α,β-unsaturated/α-hetero) is 1. The molecule has 0 fully saturated rings. The fourth-order valence-corrected chi connectivity index (χ4v) is 5.68. The van der Waals surface area contributed by atoms with E-state index in [2.05, 4.69) is 40.6 Å². The number of ketones is 1. The zero-order valence-corrected chi connectivity index (χ0v) is 22.9. The average molecular weight is 559 g/mol. The molecule has 1 aromatic heterocycles. The highest BCUT2D eigenvalue weighted by Crippen LogP contribution is 2.30. The number of amides is 1. The van der Waals surface area contributed by atoms with Gasteiger partial charge in [0.1, 0.15) is 0 Å². The smallest absolute Gasteiger partial charge is 0.251 e. The summed E-state index contributed by atoms with van der Waals surface area (Å²) in [5, 5.41) is 8.78. The minimum Gasteiger partial charge on any atom is -0.342 e. The van der Waals surface area contributed by atoms with Gasteiger partial charge in [-0.25, -0.2) is 0 Å². The SMILES string of the molecule is O=C(NC(Cc1cc(=O)[nH]c2ccccc12)C(=O)CCc1c2ccccc2cc2ccccc12)c1ccc(Cl)cc1. The Morgan fingerprint density at radius 1 is 0.756 bits per heavy atom. The number of carbonyl (C=O) groups is 2. The molecule has 5 nitrogen and oxygen atoms in total. The number of pyridine rings is 1. The number of aromatic amines is 1. The molecule has 1 heterocycles. The van der Waals surface area contributed by atoms with Crippen LogP contribution >= 0.6 is 11.6 Å². The molecule has 0 radical (unpaired) electrons. The number of benzene rings is 5. The summed E-state index contributed by atoms with van der Waals surface area (Å²) in [4.78, 5) is 42.4. The van der Waals surface area contributed by atoms with E-state index >= 15 is 0 Å². The Bertz CT molecular complexity index is 1920. The van der Waals surface area contributed by atoms with Crippen molar-refractivity contribution < 1.29 is 9.59 Å². The third-order valence-electron chi connectivity index (χ3n) is 7.56. The van der Waals surface area contributed by atoms with Gasteiger partial charge < -0.3 is 10.3 Å². The van der Waals surface area contributed by atoms with Crippen molar-refractivity contribution >= 4 is 55.7 Å². The van der Waals surface area contributed by atoms with Crippen molar-refractivity contribution in [3.63, 3.8) is 0 Å². The molecular weight excluding hydrogens is 532 g/mol. The Hall–Kier alpha value is -4.74. The quantitative estimate of drug-likeness (QED) is 0.197. The summed E-state index contributed by atoms with van der Waals surface area (Å²) in [7, 11) is 0. The number of nitrogens with one attached hydrogen (secondary N) is 2. The molecule has 1 unspecified atom stereocenters. The molecule has 6 rings (SSSR count). The summed E-state index contributed by atoms with van der Waals surface area (Å²) < 4.78 is 0. The van der Waals surface area contributed by atoms with Gasteiger partial charge in [-0.15, -0.1) is 0 Å². The topological polar surface area (TPSA) is 79.0 Å². The molecule has 0 saturated carbocycles. The van der Waals surface area contributed by atoms with Gasteiger partial charge in [-0.05, 0) is 75.5 Å². The summed E-state index contributed by atoms with van der Waals surface area (Å²) in [5.74, 6) is -0.474. The van der Waals surface area contributed by atoms with Crippen LogP contribution in [0, 0.1) is 0 Å². The first-order valence-electron chi connectivity index (χ1n) is 13.6. The Morgan fingerprint density at radius 3 is 2.05 bits per heavy atom. The number of para-hydroxylation sites is 1. The molecule has 202 valence electrons. The van der Waals surface area contributed by atoms with Gasteiger partial charge in [0.15, 0.2) is 5.78 Å². The van der Waals surface area contributed by atoms with Gasteiger partial charge in [-0.2, -0.15) is 0 Å². The molecule has 0 aliphatic carbocycles. The van der Waals surface area contributed by atoms with Gasteiger partial charge in [0.2, 0.25) is 5.56 Å². The Morgan fingerprint density at radius 2 is 1.37 bits per heavy atom. The van der Waals surface area contributed by atoms with Crippen LogP contribution in [0.25, 0.3) is 32.4 Å². The van der Waals surface area contributed by atoms with Gasteiger partial charge in [-0.3, -0.25) is 14.4 Å². The second kappa shape index (κ2) is 11.4. The molecule has 0 aliphatic heterocycles. The van der Waals surface area contributed by atoms with Gasteiger partial charge in [-0.1, -0.05) is 78.3 Å². The van der Waals surface area contributed by atoms with Crippen molar-refractivity contribution in [2.45, 2.75) is 25.3 Å². The van der Waals surface area contributed by atoms with E-state index in [4.69, 9.17) is 11.6 Å². The number of carbonyl (C=O) groups excluding carboxylic acids is 2. The van der Waals surface area contributed by atoms with Crippen molar-refractivity contribution in [1.29, 1.82) is 0 Å². The van der Waals surface area contributed by atoms with Crippen molar-refractivity contribution in [1.82, 2.24) is 10.3 Å². The average Bonchev–Trinajstić information content (AvgIpc) is 2.99. The maximum atomic E-state index is 13.9. The number of hydrogen-bond donors (Lipinski definition) is 2. The second-order valence-electron chi connectivity index (χ2n) is 10.2. The van der Waals surface area contributed by atoms with Crippen molar-refractivity contribution in [3.05, 3.63) is 141 Å². The van der Waals surface area contributed by atoms with Crippen LogP contribution in [-0.4, -0.2) is 22.7 Å². The minimum atomic E-state index is -0.829. The highest BCUT2D eigenvalue weighted by atomic mass is 35.5. The molecule has 6 heteroatoms. The standard InChI is InChI=1S/C35H27ClN2O3/c36-26-15-13-22(14-16-26)35(41)38-32(20-25-21-34(40)37-31-12-6-5-11-29(25)31)33(39)18-17-30-27-9-3-1-7-23(27)19-24-8-2-4-10-28(24)30/h1-16,19,21,32H,17-18,20H2,(H,37,40)(H,38,41). The molecule has 6 aromatic rings. The van der Waals surface area contributed by atoms with Crippen LogP contribution in [0.3, 0.4) is 0 Å². The molecular formula is C35H27ClN2O3. The molecule has 5 aromatic carbocycles. The number of rotatable bonds is 8. The Kier molecular flexibility index (Phi) is 7.36. The van der Waals surface area contributed by atoms with Crippen LogP contribution in [0.4, 0.5) is 0 Å². The van der Waals surface area contributed by atoms with Crippen molar-refractivity contribution in [2.75, 3.05) is 0 Å². The monoisotopic (exact) mass is 558 g/mol. The van der Waals surface area contributed by atoms with E-state index in [1.807, 2.05) is 48.5 Å². The fourth-order valence-electron chi connectivity index (χ4n) is 5.55. The van der Waals surface area contributed by atoms with Crippen LogP contribution in [0.5, 0.6) is 0 Å². The highest BCUT2D eigenvalue weighted by Gasteiger charge is 2.24. The van der Waals surface area contributed by atoms with Gasteiger partial charge >= 0.3 is 0 Å². The molecule has 1 atom stereocenters. The molecule has 0 spiro atoms. The van der Waals surface area contributed by atoms with E-state index in [1.165, 1.54) is 6.07 Å². The third-order valence-corrected chi connectivity index (χ3v) is 7.82. The van der Waals surface area contributed by atoms with Crippen LogP contribution in [-0.2, 0) is 17.6 Å². The summed E-state index contributed by atoms with van der Waals surface area (Å²) >= 11 is 6.01. The summed E-state index contributed by atoms with van der Waals surface area (Å²) in [6, 6.07) is 33.3. The van der Waals surface area contributed by atoms with Crippen LogP contribution in [0.1, 0.15) is 27.9 Å². The van der Waals surface area contributed by atoms with Crippen LogP contribution < -0.4 is 10.9 Å². The molecule has 41 heavy (non-hydrogen) atoms. The van der Waals surface area contributed by atoms with Gasteiger partial charge in [0.25, 0.3) is 5.91 Å². The summed E-state index contributed by atoms with van der Waals surface area (Å²) in [6.07, 6.45) is 0.938. The molecule has 1 amide bonds. The first-order valence-corrected chi connectivity index (χ1v) is 13.9. The van der Waals surface area contributed by atoms with E-state index in [0.29, 0.717) is 28.1 Å². The predicted octanol–water partition coefficient (Wildman–Crippen LogP) is 7.03. The molecule has 2 N–H and O–H groups in total. The van der Waals surface area contributed by atoms with Crippen molar-refractivity contribution in [2.24, 2.45) is 0 Å². The summed E-state index contributed by atoms with van der Waals surface area (Å²) in [5.41, 5.74) is 2.65. The van der Waals surface area contributed by atoms with Crippen LogP contribution in [0.2, 0.25) is 5.02 Å². The number of aromatic nitrogens is 1. The zero-order valence-electron chi connectivity index (χ0n) is 22.2. The largest absolute Gasteiger partial charge is 0.342 e. The number of hydrogen-bond acceptors (Lipinski definition) is 3. The van der Waals surface area contributed by atoms with E-state index in [9.17, 15) is 14.4 Å². The van der Waals surface area contributed by atoms with E-state index in [1.54, 1.807) is 24.3 Å². The maximum absolute atomic E-state index is 13.9. The van der Waals surface area contributed by atoms with Gasteiger partial charge in [0.05, 0.1) is 6.04 Å². The maximum Gasteiger partial charge on any atom is 0.251 e. The zero-order chi connectivity index (χ0) is 28.3. The Balaban J connectivity index is 1.34. The van der Waals surface area contributed by atoms with E-state index < -0.39 is 6.04 Å². The Labute approximate surface area is 241 Å². The highest BCUT2D eigenvalue weighted by molar-refractivity contribution is 6.30. The molecule has 0 saturated heterocycles. The lowest BCUT2D eigenvalue weighted by atomic mass is 9.91. The lowest BCUT2D eigenvalue weighted by Gasteiger charge is -2.20. The molecule has 0 aliphatic rings. The van der Waals surface area contributed by atoms with Gasteiger partial charge in [0, 0.05) is 40.4 Å². The fraction of sp³-hybridized carbons (Fsp3) is 0.114. The minimum absolute atomic E-state index is 0.103. The molecule has 0 bridgehead atoms. The number of aryl methyl sites for hydroxylation is 1. The van der Waals surface area contributed by atoms with Crippen LogP contribution in [0.15, 0.2) is 114 Å². The number of halogens is 1. The second-order valence-corrected chi connectivity index (χ2v) is 10.6.